The molecule has 0 aliphatic heterocycles. The van der Waals surface area contributed by atoms with Crippen molar-refractivity contribution < 1.29 is 9.13 Å². The maximum absolute atomic E-state index is 13.3. The zero-order chi connectivity index (χ0) is 13.1. The predicted octanol–water partition coefficient (Wildman–Crippen LogP) is 3.64. The third kappa shape index (κ3) is 2.71. The van der Waals surface area contributed by atoms with Gasteiger partial charge in [0.05, 0.1) is 13.2 Å². The van der Waals surface area contributed by atoms with Gasteiger partial charge in [-0.2, -0.15) is 0 Å². The monoisotopic (exact) mass is 309 g/mol. The molecule has 0 aliphatic carbocycles. The molecule has 0 saturated carbocycles. The average Bonchev–Trinajstić information content (AvgIpc) is 2.39. The Bertz CT molecular complexity index is 542. The lowest BCUT2D eigenvalue weighted by Crippen LogP contribution is -2.13. The maximum Gasteiger partial charge on any atom is 0.124 e. The summed E-state index contributed by atoms with van der Waals surface area (Å²) in [6, 6.07) is 11.6. The van der Waals surface area contributed by atoms with E-state index in [1.807, 2.05) is 24.3 Å². The molecule has 0 amide bonds. The molecular formula is C14H13BrFNO. The predicted molar refractivity (Wildman–Crippen MR) is 73.1 cm³/mol. The second-order valence-corrected chi connectivity index (χ2v) is 4.83. The van der Waals surface area contributed by atoms with Crippen LogP contribution in [-0.4, -0.2) is 7.11 Å². The average molecular weight is 310 g/mol. The first-order valence-corrected chi connectivity index (χ1v) is 6.25. The van der Waals surface area contributed by atoms with E-state index in [1.165, 1.54) is 12.1 Å². The third-order valence-corrected chi connectivity index (χ3v) is 3.28. The second kappa shape index (κ2) is 5.50. The number of benzene rings is 2. The van der Waals surface area contributed by atoms with Crippen LogP contribution in [0.25, 0.3) is 0 Å². The first-order valence-electron chi connectivity index (χ1n) is 5.46. The summed E-state index contributed by atoms with van der Waals surface area (Å²) in [5, 5.41) is 0. The van der Waals surface area contributed by atoms with E-state index in [9.17, 15) is 4.39 Å². The number of methoxy groups -OCH3 is 1. The number of halogens is 2. The lowest BCUT2D eigenvalue weighted by Gasteiger charge is -2.16. The van der Waals surface area contributed by atoms with Crippen molar-refractivity contribution in [1.82, 2.24) is 0 Å². The van der Waals surface area contributed by atoms with Gasteiger partial charge in [-0.05, 0) is 35.9 Å². The first kappa shape index (κ1) is 13.1. The Labute approximate surface area is 114 Å². The molecular weight excluding hydrogens is 297 g/mol. The van der Waals surface area contributed by atoms with Crippen LogP contribution >= 0.6 is 15.9 Å². The highest BCUT2D eigenvalue weighted by Crippen LogP contribution is 2.29. The minimum absolute atomic E-state index is 0.321. The molecule has 0 saturated heterocycles. The number of nitrogens with two attached hydrogens (primary N) is 1. The van der Waals surface area contributed by atoms with Crippen LogP contribution in [0, 0.1) is 5.82 Å². The van der Waals surface area contributed by atoms with Crippen molar-refractivity contribution in [2.45, 2.75) is 6.04 Å². The molecule has 1 unspecified atom stereocenters. The van der Waals surface area contributed by atoms with Gasteiger partial charge in [0.2, 0.25) is 0 Å². The Balaban J connectivity index is 2.41. The van der Waals surface area contributed by atoms with Crippen LogP contribution in [-0.2, 0) is 0 Å². The van der Waals surface area contributed by atoms with Crippen molar-refractivity contribution in [3.63, 3.8) is 0 Å². The van der Waals surface area contributed by atoms with Crippen molar-refractivity contribution in [1.29, 1.82) is 0 Å². The van der Waals surface area contributed by atoms with Gasteiger partial charge >= 0.3 is 0 Å². The Morgan fingerprint density at radius 1 is 1.17 bits per heavy atom. The van der Waals surface area contributed by atoms with Crippen LogP contribution in [0.2, 0.25) is 0 Å². The van der Waals surface area contributed by atoms with Crippen LogP contribution in [0.15, 0.2) is 46.9 Å². The van der Waals surface area contributed by atoms with Crippen molar-refractivity contribution in [2.75, 3.05) is 7.11 Å². The van der Waals surface area contributed by atoms with E-state index in [2.05, 4.69) is 15.9 Å². The molecule has 0 heterocycles. The number of ether oxygens (including phenoxy) is 1. The molecule has 0 radical (unpaired) electrons. The highest BCUT2D eigenvalue weighted by molar-refractivity contribution is 9.10. The van der Waals surface area contributed by atoms with E-state index in [4.69, 9.17) is 10.5 Å². The van der Waals surface area contributed by atoms with Gasteiger partial charge in [-0.1, -0.05) is 28.1 Å². The van der Waals surface area contributed by atoms with E-state index in [1.54, 1.807) is 13.2 Å². The van der Waals surface area contributed by atoms with Gasteiger partial charge in [0, 0.05) is 10.0 Å². The largest absolute Gasteiger partial charge is 0.496 e. The lowest BCUT2D eigenvalue weighted by molar-refractivity contribution is 0.406. The normalized spacial score (nSPS) is 12.2. The number of hydrogen-bond acceptors (Lipinski definition) is 2. The summed E-state index contributed by atoms with van der Waals surface area (Å²) >= 11 is 3.37. The van der Waals surface area contributed by atoms with Gasteiger partial charge in [0.25, 0.3) is 0 Å². The Hall–Kier alpha value is -1.39. The van der Waals surface area contributed by atoms with Crippen LogP contribution in [0.4, 0.5) is 4.39 Å². The molecule has 0 aromatic heterocycles. The quantitative estimate of drug-likeness (QED) is 0.939. The first-order chi connectivity index (χ1) is 8.61. The van der Waals surface area contributed by atoms with Crippen molar-refractivity contribution in [2.24, 2.45) is 5.73 Å². The number of hydrogen-bond donors (Lipinski definition) is 1. The third-order valence-electron chi connectivity index (χ3n) is 2.76. The maximum atomic E-state index is 13.3. The summed E-state index contributed by atoms with van der Waals surface area (Å²) in [6.45, 7) is 0. The van der Waals surface area contributed by atoms with Crippen LogP contribution < -0.4 is 10.5 Å². The SMILES string of the molecule is COc1ccc(F)cc1C(N)c1ccc(Br)cc1. The molecule has 0 fully saturated rings. The van der Waals surface area contributed by atoms with Crippen LogP contribution in [0.3, 0.4) is 0 Å². The smallest absolute Gasteiger partial charge is 0.124 e. The summed E-state index contributed by atoms with van der Waals surface area (Å²) in [6.07, 6.45) is 0. The Morgan fingerprint density at radius 3 is 2.44 bits per heavy atom. The van der Waals surface area contributed by atoms with Crippen LogP contribution in [0.5, 0.6) is 5.75 Å². The van der Waals surface area contributed by atoms with Crippen molar-refractivity contribution >= 4 is 15.9 Å². The van der Waals surface area contributed by atoms with Gasteiger partial charge in [-0.25, -0.2) is 4.39 Å². The Kier molecular flexibility index (Phi) is 3.99. The molecule has 0 aliphatic rings. The molecule has 2 N–H and O–H groups in total. The fourth-order valence-corrected chi connectivity index (χ4v) is 2.06. The molecule has 94 valence electrons. The molecule has 0 bridgehead atoms. The van der Waals surface area contributed by atoms with E-state index in [0.29, 0.717) is 11.3 Å². The van der Waals surface area contributed by atoms with Gasteiger partial charge in [0.15, 0.2) is 0 Å². The van der Waals surface area contributed by atoms with Gasteiger partial charge in [-0.15, -0.1) is 0 Å². The Morgan fingerprint density at radius 2 is 1.83 bits per heavy atom. The van der Waals surface area contributed by atoms with Crippen molar-refractivity contribution in [3.8, 4) is 5.75 Å². The second-order valence-electron chi connectivity index (χ2n) is 3.92. The summed E-state index contributed by atoms with van der Waals surface area (Å²) in [4.78, 5) is 0. The van der Waals surface area contributed by atoms with E-state index < -0.39 is 6.04 Å². The summed E-state index contributed by atoms with van der Waals surface area (Å²) < 4.78 is 19.5. The lowest BCUT2D eigenvalue weighted by atomic mass is 9.99. The number of rotatable bonds is 3. The summed E-state index contributed by atoms with van der Waals surface area (Å²) in [7, 11) is 1.55. The zero-order valence-electron chi connectivity index (χ0n) is 9.86. The topological polar surface area (TPSA) is 35.2 Å². The minimum Gasteiger partial charge on any atom is -0.496 e. The standard InChI is InChI=1S/C14H13BrFNO/c1-18-13-7-6-11(16)8-12(13)14(17)9-2-4-10(15)5-3-9/h2-8,14H,17H2,1H3. The zero-order valence-corrected chi connectivity index (χ0v) is 11.4. The van der Waals surface area contributed by atoms with E-state index in [0.717, 1.165) is 10.0 Å². The fraction of sp³-hybridized carbons (Fsp3) is 0.143. The molecule has 1 atom stereocenters. The van der Waals surface area contributed by atoms with E-state index in [-0.39, 0.29) is 5.82 Å². The molecule has 4 heteroatoms. The highest BCUT2D eigenvalue weighted by Gasteiger charge is 2.14. The molecule has 2 rings (SSSR count). The van der Waals surface area contributed by atoms with Crippen LogP contribution in [0.1, 0.15) is 17.2 Å². The molecule has 2 aromatic carbocycles. The van der Waals surface area contributed by atoms with Gasteiger partial charge in [0.1, 0.15) is 11.6 Å². The molecule has 2 aromatic rings. The molecule has 2 nitrogen and oxygen atoms in total. The van der Waals surface area contributed by atoms with E-state index >= 15 is 0 Å². The van der Waals surface area contributed by atoms with Gasteiger partial charge in [-0.3, -0.25) is 0 Å². The van der Waals surface area contributed by atoms with Crippen molar-refractivity contribution in [3.05, 3.63) is 63.9 Å². The summed E-state index contributed by atoms with van der Waals surface area (Å²) in [5.41, 5.74) is 7.69. The molecule has 0 spiro atoms. The minimum atomic E-state index is -0.413. The fourth-order valence-electron chi connectivity index (χ4n) is 1.80. The molecule has 18 heavy (non-hydrogen) atoms. The highest BCUT2D eigenvalue weighted by atomic mass is 79.9. The van der Waals surface area contributed by atoms with Gasteiger partial charge < -0.3 is 10.5 Å². The summed E-state index contributed by atoms with van der Waals surface area (Å²) in [5.74, 6) is 0.269.